The lowest BCUT2D eigenvalue weighted by molar-refractivity contribution is 0.0939. The molecular weight excluding hydrogens is 390 g/mol. The monoisotopic (exact) mass is 419 g/mol. The molecule has 1 aromatic carbocycles. The first kappa shape index (κ1) is 20.0. The van der Waals surface area contributed by atoms with Crippen LogP contribution < -0.4 is 10.9 Å². The third kappa shape index (κ3) is 3.67. The molecule has 1 amide bonds. The Kier molecular flexibility index (Phi) is 5.36. The number of amides is 1. The van der Waals surface area contributed by atoms with Crippen molar-refractivity contribution in [2.75, 3.05) is 6.54 Å². The number of nitrogens with zero attached hydrogens (tertiary/aromatic N) is 4. The molecular formula is C24H29N5O2. The van der Waals surface area contributed by atoms with Crippen LogP contribution in [0.4, 0.5) is 0 Å². The first-order valence-corrected chi connectivity index (χ1v) is 11.3. The van der Waals surface area contributed by atoms with Gasteiger partial charge in [-0.2, -0.15) is 9.61 Å². The number of hydrogen-bond acceptors (Lipinski definition) is 4. The third-order valence-corrected chi connectivity index (χ3v) is 6.67. The Morgan fingerprint density at radius 3 is 2.71 bits per heavy atom. The zero-order valence-electron chi connectivity index (χ0n) is 18.0. The fourth-order valence-corrected chi connectivity index (χ4v) is 5.11. The largest absolute Gasteiger partial charge is 0.349 e. The van der Waals surface area contributed by atoms with Gasteiger partial charge in [0.15, 0.2) is 5.65 Å². The number of carbonyl (C=O) groups excluding carboxylic acids is 1. The second-order valence-corrected chi connectivity index (χ2v) is 8.67. The minimum atomic E-state index is -0.120. The number of hydrogen-bond donors (Lipinski definition) is 1. The van der Waals surface area contributed by atoms with Crippen molar-refractivity contribution in [1.82, 2.24) is 24.4 Å². The summed E-state index contributed by atoms with van der Waals surface area (Å²) in [4.78, 5) is 28.6. The van der Waals surface area contributed by atoms with Gasteiger partial charge in [-0.25, -0.2) is 0 Å². The highest BCUT2D eigenvalue weighted by atomic mass is 16.2. The lowest BCUT2D eigenvalue weighted by Gasteiger charge is -2.30. The predicted octanol–water partition coefficient (Wildman–Crippen LogP) is 2.75. The number of nitrogens with one attached hydrogen (secondary N) is 1. The maximum atomic E-state index is 13.3. The summed E-state index contributed by atoms with van der Waals surface area (Å²) in [7, 11) is 0. The van der Waals surface area contributed by atoms with E-state index in [1.165, 1.54) is 10.1 Å². The minimum Gasteiger partial charge on any atom is -0.349 e. The van der Waals surface area contributed by atoms with Crippen LogP contribution in [0.3, 0.4) is 0 Å². The normalized spacial score (nSPS) is 17.2. The van der Waals surface area contributed by atoms with Crippen LogP contribution in [0.15, 0.2) is 41.3 Å². The molecule has 0 unspecified atom stereocenters. The van der Waals surface area contributed by atoms with E-state index in [0.717, 1.165) is 56.5 Å². The molecule has 1 aliphatic heterocycles. The average molecular weight is 420 g/mol. The van der Waals surface area contributed by atoms with E-state index in [1.54, 1.807) is 6.20 Å². The summed E-state index contributed by atoms with van der Waals surface area (Å²) >= 11 is 0. The molecule has 2 aromatic heterocycles. The van der Waals surface area contributed by atoms with Gasteiger partial charge in [0.1, 0.15) is 5.56 Å². The van der Waals surface area contributed by atoms with Gasteiger partial charge in [0, 0.05) is 44.3 Å². The average Bonchev–Trinajstić information content (AvgIpc) is 3.45. The standard InChI is InChI=1S/C24H29N5O2/c1-2-28-21-12-13-27(15-17-8-4-3-5-9-17)16-20(21)24(31)29-23(28)19(14-25-29)22(30)26-18-10-6-7-11-18/h3-5,8-9,14,18H,2,6-7,10-13,15-16H2,1H3,(H,26,30). The fraction of sp³-hybridized carbons (Fsp3) is 0.458. The second kappa shape index (κ2) is 8.30. The van der Waals surface area contributed by atoms with Crippen molar-refractivity contribution in [2.45, 2.75) is 64.7 Å². The van der Waals surface area contributed by atoms with Crippen molar-refractivity contribution < 1.29 is 4.79 Å². The molecule has 1 fully saturated rings. The number of rotatable bonds is 5. The van der Waals surface area contributed by atoms with E-state index in [-0.39, 0.29) is 17.5 Å². The molecule has 31 heavy (non-hydrogen) atoms. The molecule has 0 atom stereocenters. The second-order valence-electron chi connectivity index (χ2n) is 8.67. The molecule has 5 rings (SSSR count). The summed E-state index contributed by atoms with van der Waals surface area (Å²) < 4.78 is 3.55. The van der Waals surface area contributed by atoms with Crippen LogP contribution in [0.5, 0.6) is 0 Å². The van der Waals surface area contributed by atoms with Crippen molar-refractivity contribution in [3.8, 4) is 0 Å². The first-order chi connectivity index (χ1) is 15.2. The maximum absolute atomic E-state index is 13.3. The quantitative estimate of drug-likeness (QED) is 0.690. The van der Waals surface area contributed by atoms with Crippen LogP contribution >= 0.6 is 0 Å². The zero-order valence-corrected chi connectivity index (χ0v) is 18.0. The van der Waals surface area contributed by atoms with E-state index < -0.39 is 0 Å². The molecule has 1 aliphatic carbocycles. The Labute approximate surface area is 181 Å². The molecule has 0 saturated heterocycles. The summed E-state index contributed by atoms with van der Waals surface area (Å²) in [6.45, 7) is 5.06. The van der Waals surface area contributed by atoms with Gasteiger partial charge in [-0.3, -0.25) is 14.5 Å². The molecule has 2 aliphatic rings. The summed E-state index contributed by atoms with van der Waals surface area (Å²) in [6.07, 6.45) is 6.71. The summed E-state index contributed by atoms with van der Waals surface area (Å²) in [6, 6.07) is 10.6. The Balaban J connectivity index is 1.50. The van der Waals surface area contributed by atoms with E-state index in [4.69, 9.17) is 0 Å². The SMILES string of the molecule is CCn1c2c(c(=O)n3ncc(C(=O)NC4CCCC4)c13)CN(Cc1ccccc1)CC2. The van der Waals surface area contributed by atoms with Crippen molar-refractivity contribution >= 4 is 11.6 Å². The number of aryl methyl sites for hydroxylation is 1. The van der Waals surface area contributed by atoms with E-state index in [0.29, 0.717) is 24.3 Å². The van der Waals surface area contributed by atoms with Gasteiger partial charge in [-0.05, 0) is 25.3 Å². The Morgan fingerprint density at radius 1 is 1.19 bits per heavy atom. The third-order valence-electron chi connectivity index (χ3n) is 6.67. The minimum absolute atomic E-state index is 0.104. The number of benzene rings is 1. The van der Waals surface area contributed by atoms with Gasteiger partial charge >= 0.3 is 0 Å². The highest BCUT2D eigenvalue weighted by Crippen LogP contribution is 2.23. The number of aromatic nitrogens is 3. The van der Waals surface area contributed by atoms with E-state index in [9.17, 15) is 9.59 Å². The summed E-state index contributed by atoms with van der Waals surface area (Å²) in [5, 5.41) is 7.49. The van der Waals surface area contributed by atoms with Gasteiger partial charge in [-0.15, -0.1) is 0 Å². The van der Waals surface area contributed by atoms with Crippen molar-refractivity contribution in [3.63, 3.8) is 0 Å². The number of fused-ring (bicyclic) bond motifs is 2. The topological polar surface area (TPSA) is 71.6 Å². The fourth-order valence-electron chi connectivity index (χ4n) is 5.11. The van der Waals surface area contributed by atoms with Crippen molar-refractivity contribution in [3.05, 3.63) is 69.3 Å². The van der Waals surface area contributed by atoms with Gasteiger partial charge < -0.3 is 9.88 Å². The van der Waals surface area contributed by atoms with Crippen LogP contribution in [0.2, 0.25) is 0 Å². The van der Waals surface area contributed by atoms with E-state index in [2.05, 4.69) is 38.9 Å². The molecule has 0 radical (unpaired) electrons. The Bertz CT molecular complexity index is 1160. The van der Waals surface area contributed by atoms with Crippen molar-refractivity contribution in [1.29, 1.82) is 0 Å². The van der Waals surface area contributed by atoms with Crippen LogP contribution in [0, 0.1) is 0 Å². The molecule has 1 saturated carbocycles. The smallest absolute Gasteiger partial charge is 0.279 e. The van der Waals surface area contributed by atoms with Crippen LogP contribution in [0.1, 0.15) is 59.8 Å². The van der Waals surface area contributed by atoms with Gasteiger partial charge in [-0.1, -0.05) is 43.2 Å². The lowest BCUT2D eigenvalue weighted by atomic mass is 10.0. The Hall–Kier alpha value is -2.93. The summed E-state index contributed by atoms with van der Waals surface area (Å²) in [5.74, 6) is -0.120. The predicted molar refractivity (Wildman–Crippen MR) is 119 cm³/mol. The van der Waals surface area contributed by atoms with E-state index in [1.807, 2.05) is 18.2 Å². The zero-order chi connectivity index (χ0) is 21.4. The van der Waals surface area contributed by atoms with Crippen molar-refractivity contribution in [2.24, 2.45) is 0 Å². The molecule has 3 heterocycles. The maximum Gasteiger partial charge on any atom is 0.279 e. The highest BCUT2D eigenvalue weighted by Gasteiger charge is 2.28. The molecule has 7 heteroatoms. The summed E-state index contributed by atoms with van der Waals surface area (Å²) in [5.41, 5.74) is 4.10. The lowest BCUT2D eigenvalue weighted by Crippen LogP contribution is -2.39. The Morgan fingerprint density at radius 2 is 1.97 bits per heavy atom. The van der Waals surface area contributed by atoms with Crippen LogP contribution in [-0.2, 0) is 26.1 Å². The molecule has 162 valence electrons. The number of carbonyl (C=O) groups is 1. The van der Waals surface area contributed by atoms with Crippen LogP contribution in [0.25, 0.3) is 5.65 Å². The molecule has 1 N–H and O–H groups in total. The van der Waals surface area contributed by atoms with Gasteiger partial charge in [0.25, 0.3) is 11.5 Å². The van der Waals surface area contributed by atoms with Gasteiger partial charge in [0.05, 0.1) is 11.8 Å². The molecule has 7 nitrogen and oxygen atoms in total. The van der Waals surface area contributed by atoms with Crippen LogP contribution in [-0.4, -0.2) is 37.6 Å². The van der Waals surface area contributed by atoms with E-state index >= 15 is 0 Å². The van der Waals surface area contributed by atoms with Gasteiger partial charge in [0.2, 0.25) is 0 Å². The first-order valence-electron chi connectivity index (χ1n) is 11.3. The molecule has 0 spiro atoms. The molecule has 3 aromatic rings. The highest BCUT2D eigenvalue weighted by molar-refractivity contribution is 6.00. The molecule has 0 bridgehead atoms.